The minimum Gasteiger partial charge on any atom is -0.367 e. The van der Waals surface area contributed by atoms with E-state index in [-0.39, 0.29) is 52.1 Å². The summed E-state index contributed by atoms with van der Waals surface area (Å²) in [5, 5.41) is 5.17. The zero-order valence-electron chi connectivity index (χ0n) is 27.9. The summed E-state index contributed by atoms with van der Waals surface area (Å²) in [4.78, 5) is 45.3. The molecule has 2 fully saturated rings. The second kappa shape index (κ2) is 13.6. The maximum absolute atomic E-state index is 15.9. The van der Waals surface area contributed by atoms with Crippen LogP contribution < -0.4 is 15.5 Å². The largest absolute Gasteiger partial charge is 0.414 e. The molecule has 0 aromatic heterocycles. The Hall–Kier alpha value is -4.20. The van der Waals surface area contributed by atoms with Crippen molar-refractivity contribution in [2.45, 2.75) is 77.7 Å². The number of halogens is 6. The number of carbonyl (C=O) groups is 3. The molecule has 264 valence electrons. The Balaban J connectivity index is 1.53. The Morgan fingerprint density at radius 3 is 2.18 bits per heavy atom. The first-order valence-electron chi connectivity index (χ1n) is 16.2. The Morgan fingerprint density at radius 1 is 0.959 bits per heavy atom. The molecule has 5 rings (SSSR count). The monoisotopic (exact) mass is 691 g/mol. The number of nitrogens with zero attached hydrogens (tertiary/aromatic N) is 3. The number of piperazine rings is 1. The molecule has 2 heterocycles. The van der Waals surface area contributed by atoms with Crippen LogP contribution in [0, 0.1) is 28.8 Å². The number of alkyl halides is 3. The van der Waals surface area contributed by atoms with E-state index in [1.54, 1.807) is 4.90 Å². The molecule has 0 spiro atoms. The molecule has 0 radical (unpaired) electrons. The van der Waals surface area contributed by atoms with Gasteiger partial charge in [0, 0.05) is 49.1 Å². The van der Waals surface area contributed by atoms with Gasteiger partial charge in [-0.1, -0.05) is 26.7 Å². The molecule has 14 heteroatoms. The molecule has 2 aromatic carbocycles. The van der Waals surface area contributed by atoms with Gasteiger partial charge in [0.15, 0.2) is 0 Å². The highest BCUT2D eigenvalue weighted by molar-refractivity contribution is 6.11. The Bertz CT molecular complexity index is 1690. The minimum absolute atomic E-state index is 0.0348. The molecule has 4 atom stereocenters. The number of benzene rings is 2. The van der Waals surface area contributed by atoms with Crippen molar-refractivity contribution in [3.05, 3.63) is 58.9 Å². The number of anilines is 2. The summed E-state index contributed by atoms with van der Waals surface area (Å²) in [5.74, 6) is -8.71. The average Bonchev–Trinajstić information content (AvgIpc) is 3.00. The first-order chi connectivity index (χ1) is 22.9. The standard InChI is InChI=1S/C35H39F6N5O3/c1-18-16-46(17-19(2)45(18)5)28-14-24(36)21(12-27(28)43-32(48)22-15-42-30(47)13-23(22)35(39,40)41)20-10-25(37)31(26(38)11-20)33(49)44-29-8-6-7-9-34(29,3)4/h10-15,18-19,22,29H,6-9,16-17H2,1-5H3,(H,43,48)(H,44,49)/t18-,19+,22?,29?. The van der Waals surface area contributed by atoms with Gasteiger partial charge in [0.1, 0.15) is 28.9 Å². The Morgan fingerprint density at radius 2 is 1.59 bits per heavy atom. The number of amides is 3. The maximum atomic E-state index is 15.9. The van der Waals surface area contributed by atoms with Crippen LogP contribution in [0.3, 0.4) is 0 Å². The van der Waals surface area contributed by atoms with Crippen LogP contribution >= 0.6 is 0 Å². The molecule has 2 aromatic rings. The van der Waals surface area contributed by atoms with E-state index in [1.165, 1.54) is 0 Å². The van der Waals surface area contributed by atoms with Crippen molar-refractivity contribution in [2.75, 3.05) is 30.4 Å². The van der Waals surface area contributed by atoms with E-state index in [4.69, 9.17) is 0 Å². The van der Waals surface area contributed by atoms with Crippen molar-refractivity contribution in [3.63, 3.8) is 0 Å². The number of hydrogen-bond acceptors (Lipinski definition) is 5. The molecule has 3 amide bonds. The third kappa shape index (κ3) is 7.53. The van der Waals surface area contributed by atoms with E-state index in [1.807, 2.05) is 34.7 Å². The van der Waals surface area contributed by atoms with E-state index in [2.05, 4.69) is 20.5 Å². The number of nitrogens with one attached hydrogen (secondary N) is 2. The van der Waals surface area contributed by atoms with Crippen LogP contribution in [0.15, 0.2) is 40.9 Å². The molecule has 1 saturated heterocycles. The summed E-state index contributed by atoms with van der Waals surface area (Å²) < 4.78 is 88.3. The first kappa shape index (κ1) is 36.1. The van der Waals surface area contributed by atoms with Gasteiger partial charge in [-0.25, -0.2) is 18.2 Å². The van der Waals surface area contributed by atoms with Crippen LogP contribution in [-0.2, 0) is 9.59 Å². The average molecular weight is 692 g/mol. The first-order valence-corrected chi connectivity index (χ1v) is 16.2. The number of hydrogen-bond donors (Lipinski definition) is 2. The lowest BCUT2D eigenvalue weighted by Gasteiger charge is -2.44. The van der Waals surface area contributed by atoms with Crippen molar-refractivity contribution in [1.82, 2.24) is 10.2 Å². The highest BCUT2D eigenvalue weighted by Gasteiger charge is 2.43. The fourth-order valence-corrected chi connectivity index (χ4v) is 6.85. The van der Waals surface area contributed by atoms with Crippen LogP contribution in [0.25, 0.3) is 11.1 Å². The number of rotatable bonds is 6. The van der Waals surface area contributed by atoms with Gasteiger partial charge in [-0.05, 0) is 69.0 Å². The molecule has 0 bridgehead atoms. The predicted octanol–water partition coefficient (Wildman–Crippen LogP) is 6.65. The smallest absolute Gasteiger partial charge is 0.367 e. The summed E-state index contributed by atoms with van der Waals surface area (Å²) >= 11 is 0. The van der Waals surface area contributed by atoms with Gasteiger partial charge in [-0.2, -0.15) is 13.2 Å². The Labute approximate surface area is 280 Å². The SMILES string of the molecule is C[C@@H]1CN(c2cc(F)c(-c3cc(F)c(C(=O)NC4CCCCC4(C)C)c(F)c3)cc2NC(=O)C2C=NC(=O)C=C2C(F)(F)F)C[C@H](C)N1C. The van der Waals surface area contributed by atoms with Gasteiger partial charge in [-0.15, -0.1) is 0 Å². The van der Waals surface area contributed by atoms with Crippen LogP contribution in [0.5, 0.6) is 0 Å². The number of dihydropyridines is 1. The van der Waals surface area contributed by atoms with Crippen molar-refractivity contribution in [2.24, 2.45) is 16.3 Å². The quantitative estimate of drug-likeness (QED) is 0.331. The van der Waals surface area contributed by atoms with Gasteiger partial charge in [-0.3, -0.25) is 19.3 Å². The second-order valence-corrected chi connectivity index (χ2v) is 13.9. The molecule has 2 unspecified atom stereocenters. The minimum atomic E-state index is -5.03. The third-order valence-electron chi connectivity index (χ3n) is 10.0. The van der Waals surface area contributed by atoms with E-state index in [9.17, 15) is 27.6 Å². The van der Waals surface area contributed by atoms with Crippen LogP contribution in [-0.4, -0.2) is 73.3 Å². The van der Waals surface area contributed by atoms with Crippen LogP contribution in [0.2, 0.25) is 0 Å². The van der Waals surface area contributed by atoms with E-state index < -0.39 is 58.4 Å². The Kier molecular flexibility index (Phi) is 10.0. The summed E-state index contributed by atoms with van der Waals surface area (Å²) in [6.45, 7) is 8.53. The van der Waals surface area contributed by atoms with Crippen molar-refractivity contribution in [3.8, 4) is 11.1 Å². The van der Waals surface area contributed by atoms with Gasteiger partial charge in [0.2, 0.25) is 5.91 Å². The van der Waals surface area contributed by atoms with E-state index in [0.29, 0.717) is 25.7 Å². The summed E-state index contributed by atoms with van der Waals surface area (Å²) in [6, 6.07) is 3.38. The fraction of sp³-hybridized carbons (Fsp3) is 0.486. The lowest BCUT2D eigenvalue weighted by molar-refractivity contribution is -0.124. The number of likely N-dealkylation sites (N-methyl/N-ethyl adjacent to an activating group) is 1. The van der Waals surface area contributed by atoms with Gasteiger partial charge in [0.05, 0.1) is 16.9 Å². The zero-order chi connectivity index (χ0) is 36.0. The molecule has 2 aliphatic heterocycles. The predicted molar refractivity (Wildman–Crippen MR) is 174 cm³/mol. The number of aliphatic imine (C=N–C) groups is 1. The molecule has 8 nitrogen and oxygen atoms in total. The fourth-order valence-electron chi connectivity index (χ4n) is 6.85. The topological polar surface area (TPSA) is 94.1 Å². The lowest BCUT2D eigenvalue weighted by Crippen LogP contribution is -2.55. The molecule has 1 aliphatic carbocycles. The molecule has 49 heavy (non-hydrogen) atoms. The van der Waals surface area contributed by atoms with Crippen LogP contribution in [0.4, 0.5) is 37.7 Å². The molecule has 2 N–H and O–H groups in total. The van der Waals surface area contributed by atoms with E-state index in [0.717, 1.165) is 43.5 Å². The summed E-state index contributed by atoms with van der Waals surface area (Å²) in [7, 11) is 1.91. The second-order valence-electron chi connectivity index (χ2n) is 13.9. The summed E-state index contributed by atoms with van der Waals surface area (Å²) in [6.07, 6.45) is -0.875. The lowest BCUT2D eigenvalue weighted by atomic mass is 9.73. The zero-order valence-corrected chi connectivity index (χ0v) is 27.9. The third-order valence-corrected chi connectivity index (χ3v) is 10.0. The highest BCUT2D eigenvalue weighted by Crippen LogP contribution is 2.39. The van der Waals surface area contributed by atoms with Crippen molar-refractivity contribution >= 4 is 35.3 Å². The van der Waals surface area contributed by atoms with Gasteiger partial charge in [0.25, 0.3) is 11.8 Å². The molecular formula is C35H39F6N5O3. The number of carbonyl (C=O) groups excluding carboxylic acids is 3. The van der Waals surface area contributed by atoms with E-state index >= 15 is 13.2 Å². The maximum Gasteiger partial charge on any atom is 0.414 e. The molecular weight excluding hydrogens is 652 g/mol. The highest BCUT2D eigenvalue weighted by atomic mass is 19.4. The normalized spacial score (nSPS) is 24.4. The summed E-state index contributed by atoms with van der Waals surface area (Å²) in [5.41, 5.74) is -3.19. The van der Waals surface area contributed by atoms with Crippen molar-refractivity contribution < 1.29 is 40.7 Å². The molecule has 3 aliphatic rings. The van der Waals surface area contributed by atoms with Gasteiger partial charge < -0.3 is 15.5 Å². The van der Waals surface area contributed by atoms with Crippen molar-refractivity contribution in [1.29, 1.82) is 0 Å². The van der Waals surface area contributed by atoms with Crippen LogP contribution in [0.1, 0.15) is 63.7 Å². The molecule has 1 saturated carbocycles. The van der Waals surface area contributed by atoms with Gasteiger partial charge >= 0.3 is 6.18 Å².